The van der Waals surface area contributed by atoms with E-state index in [1.807, 2.05) is 17.8 Å². The monoisotopic (exact) mass is 266 g/mol. The first-order valence-electron chi connectivity index (χ1n) is 6.11. The second-order valence-corrected chi connectivity index (χ2v) is 6.10. The van der Waals surface area contributed by atoms with Crippen molar-refractivity contribution in [2.24, 2.45) is 0 Å². The van der Waals surface area contributed by atoms with Crippen LogP contribution < -0.4 is 5.32 Å². The molecule has 0 saturated heterocycles. The minimum absolute atomic E-state index is 0.202. The number of anilines is 1. The molecule has 2 rings (SSSR count). The van der Waals surface area contributed by atoms with Gasteiger partial charge in [-0.1, -0.05) is 18.6 Å². The highest BCUT2D eigenvalue weighted by Gasteiger charge is 2.36. The minimum Gasteiger partial charge on any atom is -0.378 e. The number of rotatable bonds is 5. The van der Waals surface area contributed by atoms with Gasteiger partial charge in [0.2, 0.25) is 0 Å². The molecule has 0 amide bonds. The van der Waals surface area contributed by atoms with Crippen molar-refractivity contribution in [3.8, 4) is 0 Å². The largest absolute Gasteiger partial charge is 0.378 e. The molecule has 1 aliphatic carbocycles. The van der Waals surface area contributed by atoms with Crippen LogP contribution in [0.4, 0.5) is 11.4 Å². The van der Waals surface area contributed by atoms with Crippen LogP contribution in [0.15, 0.2) is 18.2 Å². The molecule has 1 fully saturated rings. The maximum absolute atomic E-state index is 11.1. The third-order valence-corrected chi connectivity index (χ3v) is 5.14. The predicted molar refractivity (Wildman–Crippen MR) is 76.4 cm³/mol. The number of hydrogen-bond acceptors (Lipinski definition) is 4. The van der Waals surface area contributed by atoms with Gasteiger partial charge in [0, 0.05) is 16.9 Å². The average Bonchev–Trinajstić information content (AvgIpc) is 2.27. The number of hydrogen-bond donors (Lipinski definition) is 1. The SMILES string of the molecule is CSC1(CNc2cccc(C)c2[N+](=O)[O-])CCC1. The third-order valence-electron chi connectivity index (χ3n) is 3.72. The maximum Gasteiger partial charge on any atom is 0.295 e. The molecule has 1 aromatic rings. The molecule has 1 aromatic carbocycles. The number of aryl methyl sites for hydroxylation is 1. The van der Waals surface area contributed by atoms with Crippen LogP contribution in [0.1, 0.15) is 24.8 Å². The molecule has 0 bridgehead atoms. The number of benzene rings is 1. The van der Waals surface area contributed by atoms with Gasteiger partial charge in [0.1, 0.15) is 5.69 Å². The van der Waals surface area contributed by atoms with Crippen molar-refractivity contribution in [1.82, 2.24) is 0 Å². The minimum atomic E-state index is -0.301. The quantitative estimate of drug-likeness (QED) is 0.653. The molecule has 5 heteroatoms. The van der Waals surface area contributed by atoms with Gasteiger partial charge in [0.05, 0.1) is 4.92 Å². The van der Waals surface area contributed by atoms with Gasteiger partial charge in [-0.25, -0.2) is 0 Å². The topological polar surface area (TPSA) is 55.2 Å². The molecular weight excluding hydrogens is 248 g/mol. The second-order valence-electron chi connectivity index (χ2n) is 4.82. The van der Waals surface area contributed by atoms with E-state index in [-0.39, 0.29) is 15.4 Å². The van der Waals surface area contributed by atoms with Crippen LogP contribution in [0.2, 0.25) is 0 Å². The Morgan fingerprint density at radius 1 is 1.50 bits per heavy atom. The summed E-state index contributed by atoms with van der Waals surface area (Å²) in [5.41, 5.74) is 1.55. The van der Waals surface area contributed by atoms with Crippen LogP contribution in [-0.2, 0) is 0 Å². The lowest BCUT2D eigenvalue weighted by Crippen LogP contribution is -2.40. The van der Waals surface area contributed by atoms with Crippen molar-refractivity contribution in [3.05, 3.63) is 33.9 Å². The van der Waals surface area contributed by atoms with Gasteiger partial charge in [-0.3, -0.25) is 10.1 Å². The van der Waals surface area contributed by atoms with E-state index in [1.165, 1.54) is 19.3 Å². The van der Waals surface area contributed by atoms with Crippen molar-refractivity contribution >= 4 is 23.1 Å². The van der Waals surface area contributed by atoms with Crippen molar-refractivity contribution in [3.63, 3.8) is 0 Å². The lowest BCUT2D eigenvalue weighted by atomic mass is 9.84. The molecule has 0 spiro atoms. The van der Waals surface area contributed by atoms with Gasteiger partial charge in [-0.05, 0) is 32.1 Å². The van der Waals surface area contributed by atoms with Crippen LogP contribution in [0.3, 0.4) is 0 Å². The first kappa shape index (κ1) is 13.2. The first-order valence-corrected chi connectivity index (χ1v) is 7.33. The smallest absolute Gasteiger partial charge is 0.295 e. The van der Waals surface area contributed by atoms with E-state index in [9.17, 15) is 10.1 Å². The molecule has 1 aliphatic rings. The van der Waals surface area contributed by atoms with Gasteiger partial charge in [-0.15, -0.1) is 0 Å². The van der Waals surface area contributed by atoms with E-state index < -0.39 is 0 Å². The number of para-hydroxylation sites is 1. The van der Waals surface area contributed by atoms with Crippen LogP contribution in [-0.4, -0.2) is 22.5 Å². The number of nitro benzene ring substituents is 1. The number of nitrogens with one attached hydrogen (secondary N) is 1. The summed E-state index contributed by atoms with van der Waals surface area (Å²) in [5.74, 6) is 0. The summed E-state index contributed by atoms with van der Waals surface area (Å²) in [6.45, 7) is 2.58. The highest BCUT2D eigenvalue weighted by molar-refractivity contribution is 8.00. The average molecular weight is 266 g/mol. The molecule has 0 heterocycles. The van der Waals surface area contributed by atoms with Crippen molar-refractivity contribution in [2.45, 2.75) is 30.9 Å². The maximum atomic E-state index is 11.1. The summed E-state index contributed by atoms with van der Waals surface area (Å²) in [5, 5.41) is 14.3. The highest BCUT2D eigenvalue weighted by atomic mass is 32.2. The molecular formula is C13H18N2O2S. The first-order chi connectivity index (χ1) is 8.58. The Morgan fingerprint density at radius 3 is 2.72 bits per heavy atom. The third kappa shape index (κ3) is 2.46. The van der Waals surface area contributed by atoms with Crippen molar-refractivity contribution in [1.29, 1.82) is 0 Å². The molecule has 4 nitrogen and oxygen atoms in total. The summed E-state index contributed by atoms with van der Waals surface area (Å²) in [7, 11) is 0. The van der Waals surface area contributed by atoms with Crippen molar-refractivity contribution < 1.29 is 4.92 Å². The van der Waals surface area contributed by atoms with Crippen LogP contribution in [0.5, 0.6) is 0 Å². The highest BCUT2D eigenvalue weighted by Crippen LogP contribution is 2.43. The Bertz CT molecular complexity index is 453. The molecule has 1 N–H and O–H groups in total. The fraction of sp³-hybridized carbons (Fsp3) is 0.538. The normalized spacial score (nSPS) is 17.0. The lowest BCUT2D eigenvalue weighted by molar-refractivity contribution is -0.384. The zero-order valence-electron chi connectivity index (χ0n) is 10.7. The Kier molecular flexibility index (Phi) is 3.80. The fourth-order valence-electron chi connectivity index (χ4n) is 2.32. The molecule has 18 heavy (non-hydrogen) atoms. The fourth-order valence-corrected chi connectivity index (χ4v) is 3.24. The summed E-state index contributed by atoms with van der Waals surface area (Å²) < 4.78 is 0.275. The Hall–Kier alpha value is -1.23. The molecule has 0 radical (unpaired) electrons. The molecule has 0 aromatic heterocycles. The van der Waals surface area contributed by atoms with E-state index in [0.29, 0.717) is 11.3 Å². The van der Waals surface area contributed by atoms with Gasteiger partial charge < -0.3 is 5.32 Å². The number of nitrogens with zero attached hydrogens (tertiary/aromatic N) is 1. The van der Waals surface area contributed by atoms with Gasteiger partial charge in [0.15, 0.2) is 0 Å². The van der Waals surface area contributed by atoms with E-state index in [0.717, 1.165) is 6.54 Å². The summed E-state index contributed by atoms with van der Waals surface area (Å²) in [4.78, 5) is 10.8. The Balaban J connectivity index is 2.14. The summed E-state index contributed by atoms with van der Waals surface area (Å²) >= 11 is 1.86. The Morgan fingerprint density at radius 2 is 2.22 bits per heavy atom. The van der Waals surface area contributed by atoms with Gasteiger partial charge in [-0.2, -0.15) is 11.8 Å². The van der Waals surface area contributed by atoms with E-state index in [1.54, 1.807) is 19.1 Å². The molecule has 0 unspecified atom stereocenters. The lowest BCUT2D eigenvalue weighted by Gasteiger charge is -2.40. The Labute approximate surface area is 111 Å². The predicted octanol–water partition coefficient (Wildman–Crippen LogP) is 3.60. The molecule has 0 atom stereocenters. The van der Waals surface area contributed by atoms with E-state index >= 15 is 0 Å². The zero-order chi connectivity index (χ0) is 13.2. The van der Waals surface area contributed by atoms with Gasteiger partial charge in [0.25, 0.3) is 5.69 Å². The van der Waals surface area contributed by atoms with Crippen molar-refractivity contribution in [2.75, 3.05) is 18.1 Å². The molecule has 1 saturated carbocycles. The van der Waals surface area contributed by atoms with Gasteiger partial charge >= 0.3 is 0 Å². The summed E-state index contributed by atoms with van der Waals surface area (Å²) in [6.07, 6.45) is 5.77. The summed E-state index contributed by atoms with van der Waals surface area (Å²) in [6, 6.07) is 5.42. The van der Waals surface area contributed by atoms with E-state index in [2.05, 4.69) is 11.6 Å². The zero-order valence-corrected chi connectivity index (χ0v) is 11.5. The molecule has 0 aliphatic heterocycles. The molecule has 98 valence electrons. The van der Waals surface area contributed by atoms with Crippen LogP contribution in [0.25, 0.3) is 0 Å². The van der Waals surface area contributed by atoms with Crippen LogP contribution in [0, 0.1) is 17.0 Å². The van der Waals surface area contributed by atoms with E-state index in [4.69, 9.17) is 0 Å². The number of thioether (sulfide) groups is 1. The van der Waals surface area contributed by atoms with Crippen LogP contribution >= 0.6 is 11.8 Å². The number of nitro groups is 1. The standard InChI is InChI=1S/C13H18N2O2S/c1-10-5-3-6-11(12(10)15(16)17)14-9-13(18-2)7-4-8-13/h3,5-6,14H,4,7-9H2,1-2H3. The second kappa shape index (κ2) is 5.18.